The maximum absolute atomic E-state index is 12.8. The fraction of sp³-hybridized carbons (Fsp3) is 0.583. The molecule has 0 spiro atoms. The quantitative estimate of drug-likeness (QED) is 0.524. The molecular formula is C24H33ClN2O3. The lowest BCUT2D eigenvalue weighted by Crippen LogP contribution is -2.54. The lowest BCUT2D eigenvalue weighted by atomic mass is 9.77. The summed E-state index contributed by atoms with van der Waals surface area (Å²) in [5.41, 5.74) is 2.57. The number of nitrogens with one attached hydrogen (secondary N) is 1. The molecule has 1 atom stereocenters. The van der Waals surface area contributed by atoms with Crippen LogP contribution in [0.5, 0.6) is 0 Å². The van der Waals surface area contributed by atoms with Gasteiger partial charge < -0.3 is 15.3 Å². The number of aliphatic carboxylic acids is 1. The van der Waals surface area contributed by atoms with Gasteiger partial charge in [-0.2, -0.15) is 0 Å². The number of carboxylic acid groups (broad SMARTS) is 1. The Bertz CT molecular complexity index is 832. The average Bonchev–Trinajstić information content (AvgIpc) is 2.62. The van der Waals surface area contributed by atoms with Crippen LogP contribution in [0.1, 0.15) is 70.4 Å². The number of hydrogen-bond acceptors (Lipinski definition) is 2. The van der Waals surface area contributed by atoms with E-state index in [2.05, 4.69) is 31.3 Å². The number of carbonyl (C=O) groups is 2. The zero-order valence-electron chi connectivity index (χ0n) is 18.2. The molecule has 3 rings (SSSR count). The summed E-state index contributed by atoms with van der Waals surface area (Å²) in [6.45, 7) is 6.60. The summed E-state index contributed by atoms with van der Waals surface area (Å²) in [6.07, 6.45) is 8.58. The van der Waals surface area contributed by atoms with Gasteiger partial charge in [0.25, 0.3) is 0 Å². The summed E-state index contributed by atoms with van der Waals surface area (Å²) in [6, 6.07) is 5.97. The Hall–Kier alpha value is -2.01. The Morgan fingerprint density at radius 2 is 2.10 bits per heavy atom. The van der Waals surface area contributed by atoms with E-state index in [0.29, 0.717) is 13.0 Å². The second-order valence-electron chi connectivity index (χ2n) is 9.13. The van der Waals surface area contributed by atoms with Crippen molar-refractivity contribution in [3.05, 3.63) is 46.1 Å². The second kappa shape index (κ2) is 9.42. The Morgan fingerprint density at radius 3 is 2.67 bits per heavy atom. The molecule has 0 radical (unpaired) electrons. The minimum Gasteiger partial charge on any atom is -0.481 e. The van der Waals surface area contributed by atoms with Crippen LogP contribution in [0.3, 0.4) is 0 Å². The zero-order chi connectivity index (χ0) is 21.9. The van der Waals surface area contributed by atoms with E-state index in [1.54, 1.807) is 4.90 Å². The van der Waals surface area contributed by atoms with Crippen molar-refractivity contribution in [2.75, 3.05) is 6.54 Å². The molecule has 0 aromatic heterocycles. The number of urea groups is 1. The maximum atomic E-state index is 12.8. The number of aryl methyl sites for hydroxylation is 1. The van der Waals surface area contributed by atoms with E-state index in [1.165, 1.54) is 31.2 Å². The lowest BCUT2D eigenvalue weighted by Gasteiger charge is -2.42. The molecule has 1 saturated carbocycles. The molecule has 1 aliphatic carbocycles. The molecule has 2 aliphatic rings. The number of halogens is 1. The molecule has 2 N–H and O–H groups in total. The number of benzene rings is 1. The largest absolute Gasteiger partial charge is 0.481 e. The summed E-state index contributed by atoms with van der Waals surface area (Å²) in [4.78, 5) is 25.2. The van der Waals surface area contributed by atoms with Gasteiger partial charge in [0.1, 0.15) is 0 Å². The Morgan fingerprint density at radius 1 is 1.37 bits per heavy atom. The normalized spacial score (nSPS) is 22.0. The van der Waals surface area contributed by atoms with Crippen LogP contribution in [0.4, 0.5) is 4.79 Å². The minimum atomic E-state index is -0.850. The van der Waals surface area contributed by atoms with Gasteiger partial charge in [-0.15, -0.1) is 0 Å². The topological polar surface area (TPSA) is 69.6 Å². The van der Waals surface area contributed by atoms with Crippen LogP contribution in [0.25, 0.3) is 0 Å². The first-order valence-electron chi connectivity index (χ1n) is 11.0. The van der Waals surface area contributed by atoms with Gasteiger partial charge in [-0.3, -0.25) is 4.79 Å². The first-order valence-corrected chi connectivity index (χ1v) is 11.4. The summed E-state index contributed by atoms with van der Waals surface area (Å²) < 4.78 is 0. The minimum absolute atomic E-state index is 0.0455. The van der Waals surface area contributed by atoms with E-state index in [0.717, 1.165) is 28.5 Å². The SMILES string of the molecule is CC(C)C1=CN(CCCC(=O)O)C(=O)N[C@]1(C)c1ccc(CCC2CCC2)c(Cl)c1. The smallest absolute Gasteiger partial charge is 0.322 e. The summed E-state index contributed by atoms with van der Waals surface area (Å²) in [5.74, 6) is 0.200. The van der Waals surface area contributed by atoms with Crippen LogP contribution < -0.4 is 5.32 Å². The van der Waals surface area contributed by atoms with E-state index in [4.69, 9.17) is 16.7 Å². The van der Waals surface area contributed by atoms with Crippen LogP contribution in [-0.4, -0.2) is 28.6 Å². The lowest BCUT2D eigenvalue weighted by molar-refractivity contribution is -0.137. The number of nitrogens with zero attached hydrogens (tertiary/aromatic N) is 1. The number of carbonyl (C=O) groups excluding carboxylic acids is 1. The average molecular weight is 433 g/mol. The van der Waals surface area contributed by atoms with Crippen molar-refractivity contribution in [1.82, 2.24) is 10.2 Å². The van der Waals surface area contributed by atoms with Gasteiger partial charge in [0.05, 0.1) is 5.54 Å². The predicted octanol–water partition coefficient (Wildman–Crippen LogP) is 5.72. The number of hydrogen-bond donors (Lipinski definition) is 2. The van der Waals surface area contributed by atoms with E-state index < -0.39 is 11.5 Å². The summed E-state index contributed by atoms with van der Waals surface area (Å²) in [7, 11) is 0. The highest BCUT2D eigenvalue weighted by Gasteiger charge is 2.39. The Balaban J connectivity index is 1.81. The first-order chi connectivity index (χ1) is 14.2. The third kappa shape index (κ3) is 5.00. The zero-order valence-corrected chi connectivity index (χ0v) is 19.0. The van der Waals surface area contributed by atoms with Crippen molar-refractivity contribution in [2.45, 2.75) is 71.3 Å². The molecule has 0 bridgehead atoms. The fourth-order valence-corrected chi connectivity index (χ4v) is 4.72. The van der Waals surface area contributed by atoms with Gasteiger partial charge in [0.2, 0.25) is 0 Å². The van der Waals surface area contributed by atoms with Crippen molar-refractivity contribution >= 4 is 23.6 Å². The molecule has 5 nitrogen and oxygen atoms in total. The molecule has 164 valence electrons. The van der Waals surface area contributed by atoms with Crippen LogP contribution in [-0.2, 0) is 16.8 Å². The first kappa shape index (κ1) is 22.7. The molecule has 0 unspecified atom stereocenters. The van der Waals surface area contributed by atoms with Crippen molar-refractivity contribution < 1.29 is 14.7 Å². The van der Waals surface area contributed by atoms with Gasteiger partial charge in [-0.05, 0) is 60.8 Å². The van der Waals surface area contributed by atoms with Crippen LogP contribution in [0, 0.1) is 11.8 Å². The summed E-state index contributed by atoms with van der Waals surface area (Å²) in [5, 5.41) is 12.8. The van der Waals surface area contributed by atoms with Gasteiger partial charge >= 0.3 is 12.0 Å². The number of carboxylic acids is 1. The Kier molecular flexibility index (Phi) is 7.12. The van der Waals surface area contributed by atoms with E-state index in [-0.39, 0.29) is 18.4 Å². The van der Waals surface area contributed by atoms with Gasteiger partial charge in [0.15, 0.2) is 0 Å². The highest BCUT2D eigenvalue weighted by Crippen LogP contribution is 2.39. The highest BCUT2D eigenvalue weighted by molar-refractivity contribution is 6.31. The molecule has 6 heteroatoms. The van der Waals surface area contributed by atoms with Crippen LogP contribution >= 0.6 is 11.6 Å². The van der Waals surface area contributed by atoms with Crippen molar-refractivity contribution in [2.24, 2.45) is 11.8 Å². The molecule has 30 heavy (non-hydrogen) atoms. The monoisotopic (exact) mass is 432 g/mol. The van der Waals surface area contributed by atoms with Crippen LogP contribution in [0.2, 0.25) is 5.02 Å². The molecule has 0 saturated heterocycles. The standard InChI is InChI=1S/C24H33ClN2O3/c1-16(2)20-15-27(13-5-8-22(28)29)23(30)26-24(20,3)19-12-11-18(21(25)14-19)10-9-17-6-4-7-17/h11-12,14-17H,4-10,13H2,1-3H3,(H,26,30)(H,28,29)/t24-/m1/s1. The molecule has 1 aromatic rings. The molecule has 1 aliphatic heterocycles. The Labute approximate surface area is 184 Å². The number of rotatable bonds is 9. The number of amides is 2. The van der Waals surface area contributed by atoms with E-state index in [9.17, 15) is 9.59 Å². The van der Waals surface area contributed by atoms with Gasteiger partial charge in [0, 0.05) is 24.2 Å². The van der Waals surface area contributed by atoms with E-state index in [1.807, 2.05) is 19.2 Å². The molecule has 1 heterocycles. The van der Waals surface area contributed by atoms with Crippen LogP contribution in [0.15, 0.2) is 30.0 Å². The maximum Gasteiger partial charge on any atom is 0.322 e. The van der Waals surface area contributed by atoms with Gasteiger partial charge in [-0.25, -0.2) is 4.79 Å². The second-order valence-corrected chi connectivity index (χ2v) is 9.53. The fourth-order valence-electron chi connectivity index (χ4n) is 4.45. The van der Waals surface area contributed by atoms with Gasteiger partial charge in [-0.1, -0.05) is 56.8 Å². The molecule has 1 aromatic carbocycles. The molecule has 2 amide bonds. The summed E-state index contributed by atoms with van der Waals surface area (Å²) >= 11 is 6.65. The predicted molar refractivity (Wildman–Crippen MR) is 119 cm³/mol. The van der Waals surface area contributed by atoms with Crippen molar-refractivity contribution in [1.29, 1.82) is 0 Å². The van der Waals surface area contributed by atoms with Crippen molar-refractivity contribution in [3.8, 4) is 0 Å². The van der Waals surface area contributed by atoms with E-state index >= 15 is 0 Å². The molecule has 1 fully saturated rings. The third-order valence-corrected chi connectivity index (χ3v) is 6.93. The highest BCUT2D eigenvalue weighted by atomic mass is 35.5. The third-order valence-electron chi connectivity index (χ3n) is 6.58. The molecular weight excluding hydrogens is 400 g/mol. The van der Waals surface area contributed by atoms with Crippen molar-refractivity contribution in [3.63, 3.8) is 0 Å².